The minimum atomic E-state index is 0.0338. The van der Waals surface area contributed by atoms with Gasteiger partial charge < -0.3 is 11.1 Å². The summed E-state index contributed by atoms with van der Waals surface area (Å²) in [7, 11) is 0. The highest BCUT2D eigenvalue weighted by Crippen LogP contribution is 2.22. The maximum Gasteiger partial charge on any atom is 0.220 e. The Bertz CT molecular complexity index is 626. The van der Waals surface area contributed by atoms with Gasteiger partial charge in [0.2, 0.25) is 5.91 Å². The number of hydrogen-bond acceptors (Lipinski definition) is 4. The number of amides is 1. The zero-order valence-electron chi connectivity index (χ0n) is 13.3. The lowest BCUT2D eigenvalue weighted by atomic mass is 9.86. The molecule has 0 aliphatic heterocycles. The molecule has 2 aromatic rings. The first-order valence-corrected chi connectivity index (χ1v) is 8.28. The predicted octanol–water partition coefficient (Wildman–Crippen LogP) is 3.27. The number of carbonyl (C=O) groups excluding carboxylic acids is 1. The van der Waals surface area contributed by atoms with Gasteiger partial charge in [0.1, 0.15) is 0 Å². The Balaban J connectivity index is 1.78. The van der Waals surface area contributed by atoms with Gasteiger partial charge in [-0.25, -0.2) is 4.98 Å². The van der Waals surface area contributed by atoms with E-state index >= 15 is 0 Å². The molecule has 1 amide bonds. The van der Waals surface area contributed by atoms with Crippen molar-refractivity contribution in [3.05, 3.63) is 46.5 Å². The molecule has 3 N–H and O–H groups in total. The summed E-state index contributed by atoms with van der Waals surface area (Å²) in [4.78, 5) is 16.0. The van der Waals surface area contributed by atoms with Crippen LogP contribution < -0.4 is 11.1 Å². The monoisotopic (exact) mass is 317 g/mol. The molecule has 0 bridgehead atoms. The molecule has 0 saturated carbocycles. The van der Waals surface area contributed by atoms with Gasteiger partial charge in [-0.05, 0) is 23.0 Å². The largest absolute Gasteiger partial charge is 0.375 e. The van der Waals surface area contributed by atoms with Crippen molar-refractivity contribution in [3.63, 3.8) is 0 Å². The van der Waals surface area contributed by atoms with Crippen molar-refractivity contribution in [2.24, 2.45) is 0 Å². The summed E-state index contributed by atoms with van der Waals surface area (Å²) in [6.45, 7) is 7.03. The van der Waals surface area contributed by atoms with Crippen molar-refractivity contribution >= 4 is 22.4 Å². The van der Waals surface area contributed by atoms with Crippen molar-refractivity contribution in [1.82, 2.24) is 10.3 Å². The number of benzene rings is 1. The number of carbonyl (C=O) groups is 1. The normalized spacial score (nSPS) is 11.4. The van der Waals surface area contributed by atoms with Crippen LogP contribution in [0.2, 0.25) is 0 Å². The average Bonchev–Trinajstić information content (AvgIpc) is 2.88. The molecule has 0 atom stereocenters. The number of hydrogen-bond donors (Lipinski definition) is 2. The summed E-state index contributed by atoms with van der Waals surface area (Å²) < 4.78 is 0. The molecule has 0 aliphatic rings. The van der Waals surface area contributed by atoms with Crippen LogP contribution in [0.1, 0.15) is 44.0 Å². The Hall–Kier alpha value is -1.88. The number of nitrogens with two attached hydrogens (primary N) is 1. The molecule has 1 aromatic carbocycles. The van der Waals surface area contributed by atoms with E-state index in [-0.39, 0.29) is 11.3 Å². The maximum atomic E-state index is 11.9. The highest BCUT2D eigenvalue weighted by Gasteiger charge is 2.13. The van der Waals surface area contributed by atoms with E-state index in [2.05, 4.69) is 55.3 Å². The Morgan fingerprint density at radius 3 is 2.50 bits per heavy atom. The molecule has 0 radical (unpaired) electrons. The molecule has 0 fully saturated rings. The molecule has 2 rings (SSSR count). The number of nitrogens with one attached hydrogen (secondary N) is 1. The van der Waals surface area contributed by atoms with E-state index in [0.29, 0.717) is 18.1 Å². The molecule has 0 spiro atoms. The van der Waals surface area contributed by atoms with Gasteiger partial charge in [-0.1, -0.05) is 45.0 Å². The van der Waals surface area contributed by atoms with E-state index in [1.54, 1.807) is 0 Å². The standard InChI is InChI=1S/C17H23N3OS/c1-17(2,3)13-7-4-12(5-8-13)6-9-15(21)19-10-14-11-22-16(18)20-14/h4-5,7-8,11H,6,9-10H2,1-3H3,(H2,18,20)(H,19,21). The van der Waals surface area contributed by atoms with Crippen LogP contribution in [0.3, 0.4) is 0 Å². The summed E-state index contributed by atoms with van der Waals surface area (Å²) >= 11 is 1.38. The number of nitrogens with zero attached hydrogens (tertiary/aromatic N) is 1. The molecular formula is C17H23N3OS. The van der Waals surface area contributed by atoms with Gasteiger partial charge in [-0.15, -0.1) is 11.3 Å². The van der Waals surface area contributed by atoms with Crippen LogP contribution in [0.25, 0.3) is 0 Å². The smallest absolute Gasteiger partial charge is 0.220 e. The topological polar surface area (TPSA) is 68.0 Å². The minimum absolute atomic E-state index is 0.0338. The molecule has 0 unspecified atom stereocenters. The quantitative estimate of drug-likeness (QED) is 0.889. The fraction of sp³-hybridized carbons (Fsp3) is 0.412. The first-order chi connectivity index (χ1) is 10.3. The molecule has 0 saturated heterocycles. The third-order valence-corrected chi connectivity index (χ3v) is 4.22. The van der Waals surface area contributed by atoms with Crippen LogP contribution in [0.15, 0.2) is 29.6 Å². The third-order valence-electron chi connectivity index (χ3n) is 3.50. The summed E-state index contributed by atoms with van der Waals surface area (Å²) in [5.41, 5.74) is 9.01. The van der Waals surface area contributed by atoms with Crippen molar-refractivity contribution in [3.8, 4) is 0 Å². The van der Waals surface area contributed by atoms with Gasteiger partial charge in [-0.3, -0.25) is 4.79 Å². The van der Waals surface area contributed by atoms with Crippen LogP contribution in [0.4, 0.5) is 5.13 Å². The number of aromatic nitrogens is 1. The molecule has 0 aliphatic carbocycles. The number of anilines is 1. The third kappa shape index (κ3) is 4.84. The summed E-state index contributed by atoms with van der Waals surface area (Å²) in [6.07, 6.45) is 1.23. The molecule has 5 heteroatoms. The van der Waals surface area contributed by atoms with Gasteiger partial charge in [-0.2, -0.15) is 0 Å². The molecule has 4 nitrogen and oxygen atoms in total. The Morgan fingerprint density at radius 2 is 1.95 bits per heavy atom. The summed E-state index contributed by atoms with van der Waals surface area (Å²) in [5.74, 6) is 0.0338. The van der Waals surface area contributed by atoms with Gasteiger partial charge in [0.25, 0.3) is 0 Å². The molecule has 1 heterocycles. The fourth-order valence-corrected chi connectivity index (χ4v) is 2.67. The molecule has 118 valence electrons. The second-order valence-corrected chi connectivity index (χ2v) is 7.29. The Morgan fingerprint density at radius 1 is 1.27 bits per heavy atom. The lowest BCUT2D eigenvalue weighted by Crippen LogP contribution is -2.23. The summed E-state index contributed by atoms with van der Waals surface area (Å²) in [5, 5.41) is 5.26. The van der Waals surface area contributed by atoms with E-state index in [9.17, 15) is 4.79 Å². The highest BCUT2D eigenvalue weighted by atomic mass is 32.1. The second kappa shape index (κ2) is 6.92. The van der Waals surface area contributed by atoms with E-state index in [1.165, 1.54) is 22.5 Å². The van der Waals surface area contributed by atoms with Crippen LogP contribution in [0.5, 0.6) is 0 Å². The van der Waals surface area contributed by atoms with Crippen LogP contribution in [-0.4, -0.2) is 10.9 Å². The number of nitrogen functional groups attached to an aromatic ring is 1. The van der Waals surface area contributed by atoms with E-state index in [0.717, 1.165) is 12.1 Å². The molecular weight excluding hydrogens is 294 g/mol. The number of rotatable bonds is 5. The van der Waals surface area contributed by atoms with Gasteiger partial charge in [0.15, 0.2) is 5.13 Å². The van der Waals surface area contributed by atoms with E-state index in [1.807, 2.05) is 5.38 Å². The zero-order chi connectivity index (χ0) is 16.2. The fourth-order valence-electron chi connectivity index (χ4n) is 2.11. The summed E-state index contributed by atoms with van der Waals surface area (Å²) in [6, 6.07) is 8.50. The van der Waals surface area contributed by atoms with Crippen molar-refractivity contribution in [1.29, 1.82) is 0 Å². The first-order valence-electron chi connectivity index (χ1n) is 7.40. The average molecular weight is 317 g/mol. The van der Waals surface area contributed by atoms with E-state index in [4.69, 9.17) is 5.73 Å². The molecule has 1 aromatic heterocycles. The number of thiazole rings is 1. The van der Waals surface area contributed by atoms with E-state index < -0.39 is 0 Å². The first kappa shape index (κ1) is 16.5. The number of aryl methyl sites for hydroxylation is 1. The van der Waals surface area contributed by atoms with Gasteiger partial charge in [0, 0.05) is 11.8 Å². The van der Waals surface area contributed by atoms with Crippen molar-refractivity contribution in [2.45, 2.75) is 45.6 Å². The van der Waals surface area contributed by atoms with Crippen LogP contribution in [0, 0.1) is 0 Å². The lowest BCUT2D eigenvalue weighted by molar-refractivity contribution is -0.121. The lowest BCUT2D eigenvalue weighted by Gasteiger charge is -2.19. The Kier molecular flexibility index (Phi) is 5.19. The highest BCUT2D eigenvalue weighted by molar-refractivity contribution is 7.13. The zero-order valence-corrected chi connectivity index (χ0v) is 14.2. The predicted molar refractivity (Wildman–Crippen MR) is 91.8 cm³/mol. The minimum Gasteiger partial charge on any atom is -0.375 e. The maximum absolute atomic E-state index is 11.9. The van der Waals surface area contributed by atoms with Crippen molar-refractivity contribution < 1.29 is 4.79 Å². The SMILES string of the molecule is CC(C)(C)c1ccc(CCC(=O)NCc2csc(N)n2)cc1. The van der Waals surface area contributed by atoms with Gasteiger partial charge >= 0.3 is 0 Å². The molecule has 22 heavy (non-hydrogen) atoms. The second-order valence-electron chi connectivity index (χ2n) is 6.40. The van der Waals surface area contributed by atoms with Crippen molar-refractivity contribution in [2.75, 3.05) is 5.73 Å². The van der Waals surface area contributed by atoms with Gasteiger partial charge in [0.05, 0.1) is 12.2 Å². The van der Waals surface area contributed by atoms with Crippen LogP contribution >= 0.6 is 11.3 Å². The van der Waals surface area contributed by atoms with Crippen LogP contribution in [-0.2, 0) is 23.2 Å². The Labute approximate surface area is 135 Å².